The minimum absolute atomic E-state index is 0.0761. The fourth-order valence-corrected chi connectivity index (χ4v) is 3.30. The summed E-state index contributed by atoms with van der Waals surface area (Å²) in [7, 11) is 0. The molecule has 0 spiro atoms. The number of carbonyl (C=O) groups is 2. The molecule has 2 atom stereocenters. The van der Waals surface area contributed by atoms with E-state index in [4.69, 9.17) is 0 Å². The number of amides is 2. The fraction of sp³-hybridized carbons (Fsp3) is 0.375. The Morgan fingerprint density at radius 3 is 2.05 bits per heavy atom. The smallest absolute Gasteiger partial charge is 0.274 e. The van der Waals surface area contributed by atoms with E-state index in [1.165, 1.54) is 18.2 Å². The molecular weight excluding hydrogens is 284 g/mol. The second-order valence-electron chi connectivity index (χ2n) is 5.94. The van der Waals surface area contributed by atoms with Gasteiger partial charge in [-0.05, 0) is 32.8 Å². The van der Waals surface area contributed by atoms with Gasteiger partial charge in [0.1, 0.15) is 5.69 Å². The van der Waals surface area contributed by atoms with Crippen molar-refractivity contribution in [3.8, 4) is 0 Å². The second-order valence-corrected chi connectivity index (χ2v) is 5.94. The van der Waals surface area contributed by atoms with Gasteiger partial charge in [-0.2, -0.15) is 0 Å². The highest BCUT2D eigenvalue weighted by Gasteiger charge is 2.50. The lowest BCUT2D eigenvalue weighted by Gasteiger charge is -2.23. The van der Waals surface area contributed by atoms with Gasteiger partial charge < -0.3 is 0 Å². The number of nitro groups is 1. The number of rotatable bonds is 2. The number of nitro benzene ring substituents is 1. The molecule has 2 aliphatic rings. The average Bonchev–Trinajstić information content (AvgIpc) is 2.71. The minimum atomic E-state index is -0.563. The van der Waals surface area contributed by atoms with Crippen molar-refractivity contribution in [1.29, 1.82) is 0 Å². The predicted octanol–water partition coefficient (Wildman–Crippen LogP) is 2.83. The van der Waals surface area contributed by atoms with Crippen LogP contribution < -0.4 is 4.90 Å². The average molecular weight is 300 g/mol. The number of nitrogens with zero attached hydrogens (tertiary/aromatic N) is 2. The van der Waals surface area contributed by atoms with Crippen LogP contribution in [0, 0.1) is 22.0 Å². The maximum absolute atomic E-state index is 12.6. The fourth-order valence-electron chi connectivity index (χ4n) is 3.30. The summed E-state index contributed by atoms with van der Waals surface area (Å²) in [5.41, 5.74) is 2.12. The zero-order chi connectivity index (χ0) is 16.0. The highest BCUT2D eigenvalue weighted by atomic mass is 16.6. The lowest BCUT2D eigenvalue weighted by atomic mass is 9.78. The van der Waals surface area contributed by atoms with Crippen molar-refractivity contribution in [1.82, 2.24) is 0 Å². The first-order chi connectivity index (χ1) is 10.4. The van der Waals surface area contributed by atoms with Crippen LogP contribution in [0.25, 0.3) is 0 Å². The SMILES string of the molecule is CC1=C(C)CC2C(=O)N(c3ccccc3[N+](=O)[O-])C(=O)C2C1. The van der Waals surface area contributed by atoms with E-state index in [9.17, 15) is 19.7 Å². The largest absolute Gasteiger partial charge is 0.293 e. The molecule has 22 heavy (non-hydrogen) atoms. The Labute approximate surface area is 127 Å². The van der Waals surface area contributed by atoms with Gasteiger partial charge in [-0.15, -0.1) is 0 Å². The third-order valence-electron chi connectivity index (χ3n) is 4.66. The molecule has 6 heteroatoms. The number of para-hydroxylation sites is 2. The maximum Gasteiger partial charge on any atom is 0.293 e. The molecule has 3 rings (SSSR count). The zero-order valence-electron chi connectivity index (χ0n) is 12.4. The van der Waals surface area contributed by atoms with Crippen molar-refractivity contribution >= 4 is 23.2 Å². The standard InChI is InChI=1S/C16H16N2O4/c1-9-7-11-12(8-10(9)2)16(20)17(15(11)19)13-5-3-4-6-14(13)18(21)22/h3-6,11-12H,7-8H2,1-2H3. The van der Waals surface area contributed by atoms with Crippen LogP contribution in [0.4, 0.5) is 11.4 Å². The summed E-state index contributed by atoms with van der Waals surface area (Å²) in [5, 5.41) is 11.2. The molecular formula is C16H16N2O4. The molecule has 0 N–H and O–H groups in total. The number of anilines is 1. The maximum atomic E-state index is 12.6. The molecule has 0 radical (unpaired) electrons. The number of allylic oxidation sites excluding steroid dienone is 2. The van der Waals surface area contributed by atoms with Crippen LogP contribution in [0.2, 0.25) is 0 Å². The van der Waals surface area contributed by atoms with Gasteiger partial charge in [0.05, 0.1) is 16.8 Å². The molecule has 1 aliphatic heterocycles. The number of benzene rings is 1. The molecule has 1 fully saturated rings. The molecule has 1 heterocycles. The Balaban J connectivity index is 2.04. The Hall–Kier alpha value is -2.50. The Bertz CT molecular complexity index is 691. The molecule has 0 bridgehead atoms. The van der Waals surface area contributed by atoms with E-state index in [-0.39, 0.29) is 23.2 Å². The molecule has 114 valence electrons. The second kappa shape index (κ2) is 5.05. The van der Waals surface area contributed by atoms with Crippen molar-refractivity contribution in [2.75, 3.05) is 4.90 Å². The zero-order valence-corrected chi connectivity index (χ0v) is 12.4. The number of carbonyl (C=O) groups excluding carboxylic acids is 2. The van der Waals surface area contributed by atoms with E-state index >= 15 is 0 Å². The van der Waals surface area contributed by atoms with Crippen LogP contribution in [0.15, 0.2) is 35.4 Å². The molecule has 6 nitrogen and oxygen atoms in total. The van der Waals surface area contributed by atoms with Gasteiger partial charge in [-0.1, -0.05) is 23.3 Å². The summed E-state index contributed by atoms with van der Waals surface area (Å²) in [6, 6.07) is 5.89. The number of imide groups is 1. The van der Waals surface area contributed by atoms with Crippen molar-refractivity contribution in [3.05, 3.63) is 45.5 Å². The van der Waals surface area contributed by atoms with Crippen LogP contribution in [-0.4, -0.2) is 16.7 Å². The quantitative estimate of drug-likeness (QED) is 0.364. The van der Waals surface area contributed by atoms with E-state index in [0.29, 0.717) is 12.8 Å². The van der Waals surface area contributed by atoms with Crippen LogP contribution in [-0.2, 0) is 9.59 Å². The van der Waals surface area contributed by atoms with Crippen molar-refractivity contribution in [2.24, 2.45) is 11.8 Å². The van der Waals surface area contributed by atoms with Gasteiger partial charge in [-0.25, -0.2) is 4.90 Å². The van der Waals surface area contributed by atoms with Gasteiger partial charge in [0.25, 0.3) is 5.69 Å². The molecule has 2 unspecified atom stereocenters. The number of fused-ring (bicyclic) bond motifs is 1. The van der Waals surface area contributed by atoms with Gasteiger partial charge >= 0.3 is 0 Å². The Morgan fingerprint density at radius 2 is 1.55 bits per heavy atom. The summed E-state index contributed by atoms with van der Waals surface area (Å²) in [5.74, 6) is -1.43. The highest BCUT2D eigenvalue weighted by molar-refractivity contribution is 6.23. The van der Waals surface area contributed by atoms with E-state index in [0.717, 1.165) is 16.0 Å². The van der Waals surface area contributed by atoms with Crippen molar-refractivity contribution < 1.29 is 14.5 Å². The van der Waals surface area contributed by atoms with E-state index in [1.54, 1.807) is 6.07 Å². The minimum Gasteiger partial charge on any atom is -0.274 e. The Morgan fingerprint density at radius 1 is 1.05 bits per heavy atom. The van der Waals surface area contributed by atoms with Gasteiger partial charge in [-0.3, -0.25) is 19.7 Å². The highest BCUT2D eigenvalue weighted by Crippen LogP contribution is 2.43. The van der Waals surface area contributed by atoms with Crippen LogP contribution in [0.1, 0.15) is 26.7 Å². The topological polar surface area (TPSA) is 80.5 Å². The summed E-state index contributed by atoms with van der Waals surface area (Å²) in [6.45, 7) is 3.94. The molecule has 1 aromatic rings. The lowest BCUT2D eigenvalue weighted by Crippen LogP contribution is -2.31. The molecule has 1 aromatic carbocycles. The van der Waals surface area contributed by atoms with Crippen LogP contribution >= 0.6 is 0 Å². The lowest BCUT2D eigenvalue weighted by molar-refractivity contribution is -0.384. The summed E-state index contributed by atoms with van der Waals surface area (Å²) < 4.78 is 0. The summed E-state index contributed by atoms with van der Waals surface area (Å²) >= 11 is 0. The summed E-state index contributed by atoms with van der Waals surface area (Å²) in [4.78, 5) is 36.9. The molecule has 0 aromatic heterocycles. The first-order valence-corrected chi connectivity index (χ1v) is 7.18. The van der Waals surface area contributed by atoms with E-state index in [2.05, 4.69) is 0 Å². The third kappa shape index (κ3) is 2.03. The van der Waals surface area contributed by atoms with Gasteiger partial charge in [0.2, 0.25) is 11.8 Å². The van der Waals surface area contributed by atoms with E-state index in [1.807, 2.05) is 13.8 Å². The molecule has 0 saturated carbocycles. The number of hydrogen-bond donors (Lipinski definition) is 0. The van der Waals surface area contributed by atoms with E-state index < -0.39 is 16.8 Å². The summed E-state index contributed by atoms with van der Waals surface area (Å²) in [6.07, 6.45) is 1.11. The van der Waals surface area contributed by atoms with Gasteiger partial charge in [0, 0.05) is 6.07 Å². The molecule has 1 aliphatic carbocycles. The van der Waals surface area contributed by atoms with Gasteiger partial charge in [0.15, 0.2) is 0 Å². The first-order valence-electron chi connectivity index (χ1n) is 7.18. The molecule has 1 saturated heterocycles. The predicted molar refractivity (Wildman–Crippen MR) is 80.2 cm³/mol. The van der Waals surface area contributed by atoms with Crippen LogP contribution in [0.3, 0.4) is 0 Å². The monoisotopic (exact) mass is 300 g/mol. The Kier molecular flexibility index (Phi) is 3.31. The first kappa shape index (κ1) is 14.4. The van der Waals surface area contributed by atoms with Crippen LogP contribution in [0.5, 0.6) is 0 Å². The third-order valence-corrected chi connectivity index (χ3v) is 4.66. The van der Waals surface area contributed by atoms with Crippen molar-refractivity contribution in [3.63, 3.8) is 0 Å². The number of hydrogen-bond acceptors (Lipinski definition) is 4. The normalized spacial score (nSPS) is 24.7. The van der Waals surface area contributed by atoms with Crippen molar-refractivity contribution in [2.45, 2.75) is 26.7 Å². The molecule has 2 amide bonds.